The molecule has 106 valence electrons. The van der Waals surface area contributed by atoms with Crippen LogP contribution in [-0.2, 0) is 0 Å². The van der Waals surface area contributed by atoms with Gasteiger partial charge in [-0.3, -0.25) is 4.79 Å². The first-order chi connectivity index (χ1) is 9.95. The van der Waals surface area contributed by atoms with E-state index in [9.17, 15) is 23.8 Å². The maximum atomic E-state index is 13.1. The fraction of sp³-hybridized carbons (Fsp3) is 0. The maximum absolute atomic E-state index is 13.1. The van der Waals surface area contributed by atoms with Crippen molar-refractivity contribution in [3.8, 4) is 17.2 Å². The van der Waals surface area contributed by atoms with Gasteiger partial charge in [0.2, 0.25) is 11.5 Å². The topological polar surface area (TPSA) is 66.8 Å². The predicted molar refractivity (Wildman–Crippen MR) is 69.1 cm³/mol. The lowest BCUT2D eigenvalue weighted by molar-refractivity contribution is 0.101. The van der Waals surface area contributed by atoms with Crippen molar-refractivity contribution >= 4 is 11.9 Å². The molecule has 2 N–H and O–H groups in total. The third kappa shape index (κ3) is 2.20. The van der Waals surface area contributed by atoms with Crippen LogP contribution in [0.5, 0.6) is 17.2 Å². The minimum absolute atomic E-state index is 0.0634. The summed E-state index contributed by atoms with van der Waals surface area (Å²) < 4.78 is 31.4. The molecule has 0 saturated carbocycles. The Balaban J connectivity index is 2.05. The van der Waals surface area contributed by atoms with Gasteiger partial charge in [0.25, 0.3) is 0 Å². The molecule has 0 aliphatic carbocycles. The summed E-state index contributed by atoms with van der Waals surface area (Å²) in [5.74, 6) is -3.49. The van der Waals surface area contributed by atoms with Crippen LogP contribution >= 0.6 is 0 Å². The Hall–Kier alpha value is -2.89. The molecule has 0 spiro atoms. The molecule has 2 aromatic rings. The van der Waals surface area contributed by atoms with E-state index in [4.69, 9.17) is 4.74 Å². The molecule has 0 fully saturated rings. The second-order valence-electron chi connectivity index (χ2n) is 4.45. The largest absolute Gasteiger partial charge is 0.504 e. The number of hydrogen-bond acceptors (Lipinski definition) is 4. The van der Waals surface area contributed by atoms with Gasteiger partial charge in [-0.25, -0.2) is 8.78 Å². The number of hydrogen-bond donors (Lipinski definition) is 2. The number of phenols is 2. The number of phenolic OH excluding ortho intramolecular Hbond substituents is 2. The number of ketones is 1. The number of Topliss-reactive ketones (excluding diaryl/α,β-unsaturated/α-hetero) is 1. The Morgan fingerprint density at radius 2 is 1.71 bits per heavy atom. The molecule has 21 heavy (non-hydrogen) atoms. The van der Waals surface area contributed by atoms with Crippen LogP contribution in [0.3, 0.4) is 0 Å². The van der Waals surface area contributed by atoms with Gasteiger partial charge in [-0.1, -0.05) is 0 Å². The maximum Gasteiger partial charge on any atom is 0.232 e. The molecule has 2 aromatic carbocycles. The first kappa shape index (κ1) is 13.1. The SMILES string of the molecule is O=C1C(=Cc2cc(F)cc(F)c2)Oc2c1ccc(O)c2O. The summed E-state index contributed by atoms with van der Waals surface area (Å²) in [6.45, 7) is 0. The van der Waals surface area contributed by atoms with E-state index in [0.29, 0.717) is 6.07 Å². The van der Waals surface area contributed by atoms with Crippen molar-refractivity contribution in [1.29, 1.82) is 0 Å². The minimum Gasteiger partial charge on any atom is -0.504 e. The fourth-order valence-corrected chi connectivity index (χ4v) is 2.04. The molecule has 0 radical (unpaired) electrons. The predicted octanol–water partition coefficient (Wildman–Crippen LogP) is 2.99. The molecule has 0 atom stereocenters. The molecule has 6 heteroatoms. The zero-order chi connectivity index (χ0) is 15.1. The highest BCUT2D eigenvalue weighted by atomic mass is 19.1. The molecule has 0 bridgehead atoms. The van der Waals surface area contributed by atoms with Gasteiger partial charge in [0.05, 0.1) is 5.56 Å². The van der Waals surface area contributed by atoms with Crippen LogP contribution in [0.1, 0.15) is 15.9 Å². The highest BCUT2D eigenvalue weighted by Gasteiger charge is 2.31. The smallest absolute Gasteiger partial charge is 0.232 e. The van der Waals surface area contributed by atoms with Crippen LogP contribution < -0.4 is 4.74 Å². The summed E-state index contributed by atoms with van der Waals surface area (Å²) in [5, 5.41) is 19.0. The van der Waals surface area contributed by atoms with E-state index in [2.05, 4.69) is 0 Å². The van der Waals surface area contributed by atoms with Gasteiger partial charge >= 0.3 is 0 Å². The van der Waals surface area contributed by atoms with Crippen LogP contribution in [0.25, 0.3) is 6.08 Å². The normalized spacial score (nSPS) is 15.1. The summed E-state index contributed by atoms with van der Waals surface area (Å²) in [6, 6.07) is 5.22. The van der Waals surface area contributed by atoms with Gasteiger partial charge in [0.15, 0.2) is 17.3 Å². The molecule has 4 nitrogen and oxygen atoms in total. The lowest BCUT2D eigenvalue weighted by Gasteiger charge is -2.02. The van der Waals surface area contributed by atoms with E-state index in [1.54, 1.807) is 0 Å². The van der Waals surface area contributed by atoms with Crippen LogP contribution in [0, 0.1) is 11.6 Å². The lowest BCUT2D eigenvalue weighted by Crippen LogP contribution is -1.98. The van der Waals surface area contributed by atoms with E-state index in [1.807, 2.05) is 0 Å². The van der Waals surface area contributed by atoms with Crippen molar-refractivity contribution in [2.24, 2.45) is 0 Å². The Kier molecular flexibility index (Phi) is 2.86. The third-order valence-electron chi connectivity index (χ3n) is 2.97. The molecular formula is C15H8F2O4. The number of halogens is 2. The van der Waals surface area contributed by atoms with Gasteiger partial charge in [-0.05, 0) is 35.9 Å². The quantitative estimate of drug-likeness (QED) is 0.626. The zero-order valence-electron chi connectivity index (χ0n) is 10.4. The summed E-state index contributed by atoms with van der Waals surface area (Å²) in [7, 11) is 0. The molecule has 3 rings (SSSR count). The van der Waals surface area contributed by atoms with E-state index >= 15 is 0 Å². The van der Waals surface area contributed by atoms with E-state index in [0.717, 1.165) is 24.3 Å². The Morgan fingerprint density at radius 1 is 1.05 bits per heavy atom. The fourth-order valence-electron chi connectivity index (χ4n) is 2.04. The molecular weight excluding hydrogens is 282 g/mol. The number of aromatic hydroxyl groups is 2. The van der Waals surface area contributed by atoms with Gasteiger partial charge in [-0.15, -0.1) is 0 Å². The number of benzene rings is 2. The summed E-state index contributed by atoms with van der Waals surface area (Å²) >= 11 is 0. The zero-order valence-corrected chi connectivity index (χ0v) is 10.4. The Bertz CT molecular complexity index is 776. The molecule has 0 aromatic heterocycles. The van der Waals surface area contributed by atoms with Crippen LogP contribution in [0.15, 0.2) is 36.1 Å². The Labute approximate surface area is 117 Å². The van der Waals surface area contributed by atoms with Gasteiger partial charge in [-0.2, -0.15) is 0 Å². The Morgan fingerprint density at radius 3 is 2.38 bits per heavy atom. The monoisotopic (exact) mass is 290 g/mol. The number of allylic oxidation sites excluding steroid dienone is 1. The van der Waals surface area contributed by atoms with Crippen molar-refractivity contribution in [1.82, 2.24) is 0 Å². The molecule has 0 unspecified atom stereocenters. The summed E-state index contributed by atoms with van der Waals surface area (Å²) in [6.07, 6.45) is 1.16. The molecule has 0 saturated heterocycles. The van der Waals surface area contributed by atoms with Crippen molar-refractivity contribution in [3.63, 3.8) is 0 Å². The van der Waals surface area contributed by atoms with Crippen molar-refractivity contribution in [2.75, 3.05) is 0 Å². The van der Waals surface area contributed by atoms with Crippen LogP contribution in [0.4, 0.5) is 8.78 Å². The molecule has 1 aliphatic heterocycles. The minimum atomic E-state index is -0.787. The number of fused-ring (bicyclic) bond motifs is 1. The number of ether oxygens (including phenoxy) is 1. The molecule has 1 aliphatic rings. The van der Waals surface area contributed by atoms with Gasteiger partial charge in [0.1, 0.15) is 11.6 Å². The van der Waals surface area contributed by atoms with Gasteiger partial charge < -0.3 is 14.9 Å². The highest BCUT2D eigenvalue weighted by Crippen LogP contribution is 2.44. The summed E-state index contributed by atoms with van der Waals surface area (Å²) in [4.78, 5) is 12.1. The number of rotatable bonds is 1. The van der Waals surface area contributed by atoms with E-state index in [-0.39, 0.29) is 22.6 Å². The average Bonchev–Trinajstić information content (AvgIpc) is 2.71. The molecule has 1 heterocycles. The highest BCUT2D eigenvalue weighted by molar-refractivity contribution is 6.15. The number of carbonyl (C=O) groups excluding carboxylic acids is 1. The second-order valence-corrected chi connectivity index (χ2v) is 4.45. The summed E-state index contributed by atoms with van der Waals surface area (Å²) in [5.41, 5.74) is 0.167. The number of carbonyl (C=O) groups is 1. The standard InChI is InChI=1S/C15H8F2O4/c16-8-3-7(4-9(17)6-8)5-12-13(19)10-1-2-11(18)14(20)15(10)21-12/h1-6,18,20H. The second kappa shape index (κ2) is 4.59. The first-order valence-electron chi connectivity index (χ1n) is 5.91. The van der Waals surface area contributed by atoms with E-state index < -0.39 is 28.9 Å². The van der Waals surface area contributed by atoms with Crippen molar-refractivity contribution in [2.45, 2.75) is 0 Å². The van der Waals surface area contributed by atoms with Crippen molar-refractivity contribution in [3.05, 3.63) is 58.9 Å². The first-order valence-corrected chi connectivity index (χ1v) is 5.91. The van der Waals surface area contributed by atoms with Crippen LogP contribution in [-0.4, -0.2) is 16.0 Å². The van der Waals surface area contributed by atoms with Gasteiger partial charge in [0, 0.05) is 6.07 Å². The van der Waals surface area contributed by atoms with Crippen molar-refractivity contribution < 1.29 is 28.5 Å². The lowest BCUT2D eigenvalue weighted by atomic mass is 10.1. The van der Waals surface area contributed by atoms with E-state index in [1.165, 1.54) is 6.07 Å². The molecule has 0 amide bonds. The average molecular weight is 290 g/mol. The van der Waals surface area contributed by atoms with Crippen LogP contribution in [0.2, 0.25) is 0 Å². The third-order valence-corrected chi connectivity index (χ3v) is 2.97.